The van der Waals surface area contributed by atoms with Gasteiger partial charge in [0.25, 0.3) is 0 Å². The van der Waals surface area contributed by atoms with Crippen LogP contribution in [-0.4, -0.2) is 25.1 Å². The highest BCUT2D eigenvalue weighted by Crippen LogP contribution is 2.18. The molecule has 0 aromatic heterocycles. The van der Waals surface area contributed by atoms with Crippen LogP contribution in [0.3, 0.4) is 0 Å². The molecule has 20 heavy (non-hydrogen) atoms. The first-order valence-corrected chi connectivity index (χ1v) is 7.86. The summed E-state index contributed by atoms with van der Waals surface area (Å²) < 4.78 is 1.15. The van der Waals surface area contributed by atoms with Gasteiger partial charge in [0.2, 0.25) is 0 Å². The number of aryl methyl sites for hydroxylation is 1. The second-order valence-electron chi connectivity index (χ2n) is 4.91. The lowest BCUT2D eigenvalue weighted by molar-refractivity contribution is 0.782. The molecule has 0 amide bonds. The summed E-state index contributed by atoms with van der Waals surface area (Å²) in [6.45, 7) is 3.89. The van der Waals surface area contributed by atoms with Crippen LogP contribution in [0, 0.1) is 0 Å². The molecule has 112 valence electrons. The second kappa shape index (κ2) is 9.60. The first-order valence-electron chi connectivity index (χ1n) is 7.07. The van der Waals surface area contributed by atoms with E-state index in [0.717, 1.165) is 36.4 Å². The third kappa shape index (κ3) is 6.92. The van der Waals surface area contributed by atoms with Crippen molar-refractivity contribution in [1.82, 2.24) is 10.6 Å². The van der Waals surface area contributed by atoms with Gasteiger partial charge in [-0.25, -0.2) is 0 Å². The van der Waals surface area contributed by atoms with Crippen LogP contribution in [0.15, 0.2) is 33.7 Å². The summed E-state index contributed by atoms with van der Waals surface area (Å²) in [6, 6.07) is 9.15. The summed E-state index contributed by atoms with van der Waals surface area (Å²) in [5, 5.41) is 6.72. The number of halogens is 2. The molecular formula is C15H23BrIN3. The predicted octanol–water partition coefficient (Wildman–Crippen LogP) is 3.72. The number of rotatable bonds is 6. The Balaban J connectivity index is 0.00000200. The van der Waals surface area contributed by atoms with Gasteiger partial charge in [-0.1, -0.05) is 28.1 Å². The van der Waals surface area contributed by atoms with E-state index in [0.29, 0.717) is 6.04 Å². The Labute approximate surface area is 147 Å². The summed E-state index contributed by atoms with van der Waals surface area (Å²) in [4.78, 5) is 4.61. The van der Waals surface area contributed by atoms with Gasteiger partial charge in [0.1, 0.15) is 0 Å². The van der Waals surface area contributed by atoms with Crippen molar-refractivity contribution in [3.8, 4) is 0 Å². The van der Waals surface area contributed by atoms with Gasteiger partial charge in [-0.05, 0) is 50.3 Å². The minimum absolute atomic E-state index is 0. The molecule has 1 aliphatic rings. The van der Waals surface area contributed by atoms with Crippen molar-refractivity contribution in [3.63, 3.8) is 0 Å². The van der Waals surface area contributed by atoms with Gasteiger partial charge >= 0.3 is 0 Å². The van der Waals surface area contributed by atoms with E-state index in [1.165, 1.54) is 18.4 Å². The van der Waals surface area contributed by atoms with Gasteiger partial charge in [0, 0.05) is 23.6 Å². The molecule has 1 aromatic rings. The highest BCUT2D eigenvalue weighted by atomic mass is 127. The molecule has 0 heterocycles. The largest absolute Gasteiger partial charge is 0.357 e. The maximum absolute atomic E-state index is 4.61. The number of hydrogen-bond donors (Lipinski definition) is 2. The topological polar surface area (TPSA) is 36.4 Å². The van der Waals surface area contributed by atoms with Crippen LogP contribution in [0.5, 0.6) is 0 Å². The Bertz CT molecular complexity index is 433. The molecule has 0 aliphatic heterocycles. The summed E-state index contributed by atoms with van der Waals surface area (Å²) in [5.41, 5.74) is 1.37. The van der Waals surface area contributed by atoms with Crippen molar-refractivity contribution in [1.29, 1.82) is 0 Å². The van der Waals surface area contributed by atoms with E-state index in [-0.39, 0.29) is 24.0 Å². The van der Waals surface area contributed by atoms with Crippen molar-refractivity contribution in [2.75, 3.05) is 13.1 Å². The predicted molar refractivity (Wildman–Crippen MR) is 100 cm³/mol. The van der Waals surface area contributed by atoms with E-state index < -0.39 is 0 Å². The fraction of sp³-hybridized carbons (Fsp3) is 0.533. The number of nitrogens with one attached hydrogen (secondary N) is 2. The molecule has 2 rings (SSSR count). The van der Waals surface area contributed by atoms with Crippen LogP contribution < -0.4 is 10.6 Å². The molecule has 1 fully saturated rings. The van der Waals surface area contributed by atoms with Gasteiger partial charge in [-0.15, -0.1) is 24.0 Å². The van der Waals surface area contributed by atoms with Crippen LogP contribution in [0.2, 0.25) is 0 Å². The van der Waals surface area contributed by atoms with E-state index in [2.05, 4.69) is 62.7 Å². The molecule has 1 aromatic carbocycles. The Hall–Kier alpha value is -0.300. The summed E-state index contributed by atoms with van der Waals surface area (Å²) in [6.07, 6.45) is 4.72. The third-order valence-electron chi connectivity index (χ3n) is 3.04. The van der Waals surface area contributed by atoms with Crippen LogP contribution >= 0.6 is 39.9 Å². The summed E-state index contributed by atoms with van der Waals surface area (Å²) in [5.74, 6) is 0.972. The SMILES string of the molecule is CCNC(=NCCCc1cccc(Br)c1)NC1CC1.I. The van der Waals surface area contributed by atoms with E-state index in [1.54, 1.807) is 0 Å². The Kier molecular flexibility index (Phi) is 8.52. The van der Waals surface area contributed by atoms with Crippen molar-refractivity contribution >= 4 is 45.9 Å². The summed E-state index contributed by atoms with van der Waals surface area (Å²) in [7, 11) is 0. The first kappa shape index (κ1) is 17.8. The van der Waals surface area contributed by atoms with Crippen molar-refractivity contribution in [2.45, 2.75) is 38.6 Å². The van der Waals surface area contributed by atoms with Crippen molar-refractivity contribution in [2.24, 2.45) is 4.99 Å². The van der Waals surface area contributed by atoms with Crippen molar-refractivity contribution in [3.05, 3.63) is 34.3 Å². The van der Waals surface area contributed by atoms with Crippen LogP contribution in [0.4, 0.5) is 0 Å². The number of aliphatic imine (C=N–C) groups is 1. The molecule has 1 saturated carbocycles. The monoisotopic (exact) mass is 451 g/mol. The van der Waals surface area contributed by atoms with Gasteiger partial charge in [0.15, 0.2) is 5.96 Å². The fourth-order valence-electron chi connectivity index (χ4n) is 1.91. The van der Waals surface area contributed by atoms with Gasteiger partial charge in [-0.2, -0.15) is 0 Å². The first-order chi connectivity index (χ1) is 9.28. The molecule has 0 saturated heterocycles. The zero-order chi connectivity index (χ0) is 13.5. The normalized spacial score (nSPS) is 14.6. The van der Waals surface area contributed by atoms with E-state index >= 15 is 0 Å². The fourth-order valence-corrected chi connectivity index (χ4v) is 2.35. The smallest absolute Gasteiger partial charge is 0.191 e. The van der Waals surface area contributed by atoms with Crippen LogP contribution in [0.25, 0.3) is 0 Å². The molecule has 0 bridgehead atoms. The van der Waals surface area contributed by atoms with Gasteiger partial charge in [0.05, 0.1) is 0 Å². The molecule has 1 aliphatic carbocycles. The number of hydrogen-bond acceptors (Lipinski definition) is 1. The average Bonchev–Trinajstić information content (AvgIpc) is 3.19. The zero-order valence-electron chi connectivity index (χ0n) is 11.9. The Morgan fingerprint density at radius 1 is 1.40 bits per heavy atom. The van der Waals surface area contributed by atoms with Crippen LogP contribution in [0.1, 0.15) is 31.7 Å². The lowest BCUT2D eigenvalue weighted by Gasteiger charge is -2.10. The maximum Gasteiger partial charge on any atom is 0.191 e. The molecule has 2 N–H and O–H groups in total. The number of nitrogens with zero attached hydrogens (tertiary/aromatic N) is 1. The molecule has 0 unspecified atom stereocenters. The highest BCUT2D eigenvalue weighted by Gasteiger charge is 2.21. The summed E-state index contributed by atoms with van der Waals surface area (Å²) >= 11 is 3.50. The Morgan fingerprint density at radius 3 is 2.85 bits per heavy atom. The maximum atomic E-state index is 4.61. The number of benzene rings is 1. The molecule has 0 radical (unpaired) electrons. The third-order valence-corrected chi connectivity index (χ3v) is 3.54. The number of guanidine groups is 1. The standard InChI is InChI=1S/C15H22BrN3.HI/c1-2-17-15(19-14-8-9-14)18-10-4-6-12-5-3-7-13(16)11-12;/h3,5,7,11,14H,2,4,6,8-10H2,1H3,(H2,17,18,19);1H. The van der Waals surface area contributed by atoms with Crippen LogP contribution in [-0.2, 0) is 6.42 Å². The van der Waals surface area contributed by atoms with Gasteiger partial charge < -0.3 is 10.6 Å². The highest BCUT2D eigenvalue weighted by molar-refractivity contribution is 14.0. The zero-order valence-corrected chi connectivity index (χ0v) is 15.8. The molecule has 3 nitrogen and oxygen atoms in total. The molecule has 0 spiro atoms. The molecule has 5 heteroatoms. The second-order valence-corrected chi connectivity index (χ2v) is 5.83. The average molecular weight is 452 g/mol. The molecule has 0 atom stereocenters. The van der Waals surface area contributed by atoms with E-state index in [9.17, 15) is 0 Å². The quantitative estimate of drug-likeness (QED) is 0.299. The minimum Gasteiger partial charge on any atom is -0.357 e. The Morgan fingerprint density at radius 2 is 2.20 bits per heavy atom. The lowest BCUT2D eigenvalue weighted by Crippen LogP contribution is -2.38. The minimum atomic E-state index is 0. The van der Waals surface area contributed by atoms with Gasteiger partial charge in [-0.3, -0.25) is 4.99 Å². The lowest BCUT2D eigenvalue weighted by atomic mass is 10.1. The van der Waals surface area contributed by atoms with E-state index in [1.807, 2.05) is 0 Å². The van der Waals surface area contributed by atoms with Crippen molar-refractivity contribution < 1.29 is 0 Å². The molecular weight excluding hydrogens is 429 g/mol. The van der Waals surface area contributed by atoms with E-state index in [4.69, 9.17) is 0 Å².